The Hall–Kier alpha value is -3.25. The molecule has 1 heterocycles. The maximum absolute atomic E-state index is 11.8. The lowest BCUT2D eigenvalue weighted by Crippen LogP contribution is -2.34. The first kappa shape index (κ1) is 20.1. The minimum absolute atomic E-state index is 0.0467. The maximum atomic E-state index is 11.8. The lowest BCUT2D eigenvalue weighted by atomic mass is 10.2. The van der Waals surface area contributed by atoms with Gasteiger partial charge in [0.2, 0.25) is 17.7 Å². The van der Waals surface area contributed by atoms with Crippen LogP contribution in [0.5, 0.6) is 0 Å². The summed E-state index contributed by atoms with van der Waals surface area (Å²) in [6.45, 7) is 1.54. The van der Waals surface area contributed by atoms with Crippen LogP contribution in [-0.2, 0) is 14.4 Å². The largest absolute Gasteiger partial charge is 0.360 e. The van der Waals surface area contributed by atoms with Crippen molar-refractivity contribution < 1.29 is 18.9 Å². The number of amides is 3. The van der Waals surface area contributed by atoms with E-state index in [1.165, 1.54) is 0 Å². The Bertz CT molecular complexity index is 872. The lowest BCUT2D eigenvalue weighted by Gasteiger charge is -2.07. The zero-order valence-corrected chi connectivity index (χ0v) is 15.4. The Labute approximate surface area is 160 Å². The molecule has 0 aliphatic carbocycles. The number of anilines is 2. The van der Waals surface area contributed by atoms with Crippen molar-refractivity contribution in [2.75, 3.05) is 28.7 Å². The van der Waals surface area contributed by atoms with Crippen molar-refractivity contribution in [3.05, 3.63) is 41.7 Å². The SMILES string of the molecule is C#Cc1cccc(NC(=O)CNC(=O)CSCC(=O)Nc2cc(C)on2)c1. The third-order valence-corrected chi connectivity index (χ3v) is 4.05. The first-order chi connectivity index (χ1) is 13.0. The van der Waals surface area contributed by atoms with Crippen LogP contribution in [-0.4, -0.2) is 40.9 Å². The summed E-state index contributed by atoms with van der Waals surface area (Å²) >= 11 is 1.12. The third kappa shape index (κ3) is 7.25. The number of thioether (sulfide) groups is 1. The number of hydrogen-bond acceptors (Lipinski definition) is 6. The van der Waals surface area contributed by atoms with Gasteiger partial charge in [0.15, 0.2) is 5.82 Å². The molecule has 0 aliphatic rings. The number of nitrogens with zero attached hydrogens (tertiary/aromatic N) is 1. The van der Waals surface area contributed by atoms with Gasteiger partial charge in [-0.05, 0) is 25.1 Å². The maximum Gasteiger partial charge on any atom is 0.243 e. The Morgan fingerprint density at radius 3 is 2.63 bits per heavy atom. The molecule has 0 radical (unpaired) electrons. The number of aryl methyl sites for hydroxylation is 1. The van der Waals surface area contributed by atoms with Gasteiger partial charge in [0.05, 0.1) is 18.1 Å². The quantitative estimate of drug-likeness (QED) is 0.591. The molecule has 1 aromatic heterocycles. The van der Waals surface area contributed by atoms with Crippen LogP contribution in [0.2, 0.25) is 0 Å². The van der Waals surface area contributed by atoms with Gasteiger partial charge in [0.25, 0.3) is 0 Å². The fourth-order valence-electron chi connectivity index (χ4n) is 1.96. The van der Waals surface area contributed by atoms with Crippen molar-refractivity contribution >= 4 is 41.0 Å². The monoisotopic (exact) mass is 386 g/mol. The molecule has 0 aliphatic heterocycles. The fraction of sp³-hybridized carbons (Fsp3) is 0.222. The molecule has 0 spiro atoms. The number of nitrogens with one attached hydrogen (secondary N) is 3. The van der Waals surface area contributed by atoms with Gasteiger partial charge in [0, 0.05) is 17.3 Å². The number of carbonyl (C=O) groups is 3. The molecule has 0 saturated heterocycles. The smallest absolute Gasteiger partial charge is 0.243 e. The molecule has 0 bridgehead atoms. The van der Waals surface area contributed by atoms with E-state index in [-0.39, 0.29) is 35.8 Å². The van der Waals surface area contributed by atoms with Gasteiger partial charge in [-0.25, -0.2) is 0 Å². The predicted octanol–water partition coefficient (Wildman–Crippen LogP) is 1.39. The van der Waals surface area contributed by atoms with E-state index >= 15 is 0 Å². The van der Waals surface area contributed by atoms with E-state index in [0.717, 1.165) is 11.8 Å². The van der Waals surface area contributed by atoms with Gasteiger partial charge in [-0.2, -0.15) is 0 Å². The summed E-state index contributed by atoms with van der Waals surface area (Å²) in [5.41, 5.74) is 1.20. The highest BCUT2D eigenvalue weighted by atomic mass is 32.2. The highest BCUT2D eigenvalue weighted by molar-refractivity contribution is 8.00. The van der Waals surface area contributed by atoms with E-state index in [1.54, 1.807) is 37.3 Å². The average Bonchev–Trinajstić information content (AvgIpc) is 3.04. The fourth-order valence-corrected chi connectivity index (χ4v) is 2.61. The molecule has 8 nitrogen and oxygen atoms in total. The van der Waals surface area contributed by atoms with Crippen molar-refractivity contribution in [3.8, 4) is 12.3 Å². The van der Waals surface area contributed by atoms with Crippen LogP contribution < -0.4 is 16.0 Å². The summed E-state index contributed by atoms with van der Waals surface area (Å²) in [5, 5.41) is 11.3. The summed E-state index contributed by atoms with van der Waals surface area (Å²) in [7, 11) is 0. The third-order valence-electron chi connectivity index (χ3n) is 3.12. The molecule has 2 rings (SSSR count). The van der Waals surface area contributed by atoms with Crippen molar-refractivity contribution in [2.45, 2.75) is 6.92 Å². The van der Waals surface area contributed by atoms with Crippen molar-refractivity contribution in [1.82, 2.24) is 10.5 Å². The van der Waals surface area contributed by atoms with Gasteiger partial charge < -0.3 is 20.5 Å². The first-order valence-electron chi connectivity index (χ1n) is 7.90. The topological polar surface area (TPSA) is 113 Å². The Kier molecular flexibility index (Phi) is 7.46. The van der Waals surface area contributed by atoms with Crippen LogP contribution in [0.15, 0.2) is 34.9 Å². The van der Waals surface area contributed by atoms with Gasteiger partial charge in [-0.3, -0.25) is 14.4 Å². The number of rotatable bonds is 8. The van der Waals surface area contributed by atoms with E-state index in [2.05, 4.69) is 27.0 Å². The predicted molar refractivity (Wildman–Crippen MR) is 103 cm³/mol. The zero-order chi connectivity index (χ0) is 19.6. The summed E-state index contributed by atoms with van der Waals surface area (Å²) < 4.78 is 4.83. The van der Waals surface area contributed by atoms with Crippen molar-refractivity contribution in [2.24, 2.45) is 0 Å². The molecule has 0 atom stereocenters. The second kappa shape index (κ2) is 10.0. The van der Waals surface area contributed by atoms with Crippen LogP contribution >= 0.6 is 11.8 Å². The van der Waals surface area contributed by atoms with Gasteiger partial charge in [-0.15, -0.1) is 18.2 Å². The summed E-state index contributed by atoms with van der Waals surface area (Å²) in [6.07, 6.45) is 5.30. The minimum Gasteiger partial charge on any atom is -0.360 e. The van der Waals surface area contributed by atoms with Crippen LogP contribution in [0.3, 0.4) is 0 Å². The highest BCUT2D eigenvalue weighted by Crippen LogP contribution is 2.10. The van der Waals surface area contributed by atoms with Gasteiger partial charge >= 0.3 is 0 Å². The summed E-state index contributed by atoms with van der Waals surface area (Å²) in [4.78, 5) is 35.3. The summed E-state index contributed by atoms with van der Waals surface area (Å²) in [6, 6.07) is 8.42. The average molecular weight is 386 g/mol. The van der Waals surface area contributed by atoms with Crippen LogP contribution in [0.1, 0.15) is 11.3 Å². The Balaban J connectivity index is 1.63. The number of benzene rings is 1. The van der Waals surface area contributed by atoms with E-state index in [1.807, 2.05) is 0 Å². The normalized spacial score (nSPS) is 9.93. The number of hydrogen-bond donors (Lipinski definition) is 3. The highest BCUT2D eigenvalue weighted by Gasteiger charge is 2.10. The molecule has 1 aromatic carbocycles. The summed E-state index contributed by atoms with van der Waals surface area (Å²) in [5.74, 6) is 2.48. The lowest BCUT2D eigenvalue weighted by molar-refractivity contribution is -0.122. The van der Waals surface area contributed by atoms with Gasteiger partial charge in [0.1, 0.15) is 5.76 Å². The molecule has 140 valence electrons. The van der Waals surface area contributed by atoms with E-state index in [0.29, 0.717) is 22.8 Å². The van der Waals surface area contributed by atoms with Crippen molar-refractivity contribution in [1.29, 1.82) is 0 Å². The molecule has 27 heavy (non-hydrogen) atoms. The van der Waals surface area contributed by atoms with Crippen LogP contribution in [0.25, 0.3) is 0 Å². The molecule has 9 heteroatoms. The first-order valence-corrected chi connectivity index (χ1v) is 9.06. The standard InChI is InChI=1S/C18H18N4O4S/c1-3-13-5-4-6-14(8-13)20-16(23)9-19-17(24)10-27-11-18(25)21-15-7-12(2)26-22-15/h1,4-8H,9-11H2,2H3,(H,19,24)(H,20,23)(H,21,22,25). The molecule has 0 saturated carbocycles. The number of aromatic nitrogens is 1. The molecule has 3 amide bonds. The van der Waals surface area contributed by atoms with Crippen LogP contribution in [0, 0.1) is 19.3 Å². The molecule has 0 fully saturated rings. The molecular formula is C18H18N4O4S. The molecule has 3 N–H and O–H groups in total. The second-order valence-corrected chi connectivity index (χ2v) is 6.40. The van der Waals surface area contributed by atoms with E-state index in [9.17, 15) is 14.4 Å². The molecule has 2 aromatic rings. The van der Waals surface area contributed by atoms with Crippen molar-refractivity contribution in [3.63, 3.8) is 0 Å². The Morgan fingerprint density at radius 1 is 1.15 bits per heavy atom. The molecule has 0 unspecified atom stereocenters. The van der Waals surface area contributed by atoms with E-state index < -0.39 is 0 Å². The minimum atomic E-state index is -0.373. The zero-order valence-electron chi connectivity index (χ0n) is 14.6. The van der Waals surface area contributed by atoms with E-state index in [4.69, 9.17) is 10.9 Å². The van der Waals surface area contributed by atoms with Crippen LogP contribution in [0.4, 0.5) is 11.5 Å². The number of carbonyl (C=O) groups excluding carboxylic acids is 3. The number of terminal acetylenes is 1. The second-order valence-electron chi connectivity index (χ2n) is 5.41. The van der Waals surface area contributed by atoms with Gasteiger partial charge in [-0.1, -0.05) is 17.1 Å². The molecular weight excluding hydrogens is 368 g/mol. The Morgan fingerprint density at radius 2 is 1.93 bits per heavy atom.